The van der Waals surface area contributed by atoms with E-state index in [0.717, 1.165) is 62.2 Å². The lowest BCUT2D eigenvalue weighted by molar-refractivity contribution is -0.116. The normalized spacial score (nSPS) is 25.0. The molecular weight excluding hydrogens is 400 g/mol. The van der Waals surface area contributed by atoms with Crippen LogP contribution in [-0.2, 0) is 4.79 Å². The molecule has 3 heterocycles. The van der Waals surface area contributed by atoms with Crippen LogP contribution in [0, 0.1) is 6.92 Å². The first kappa shape index (κ1) is 21.0. The van der Waals surface area contributed by atoms with Gasteiger partial charge in [0.05, 0.1) is 12.1 Å². The molecule has 0 unspecified atom stereocenters. The lowest BCUT2D eigenvalue weighted by Crippen LogP contribution is -2.36. The van der Waals surface area contributed by atoms with Gasteiger partial charge in [0, 0.05) is 41.8 Å². The first-order chi connectivity index (χ1) is 14.5. The summed E-state index contributed by atoms with van der Waals surface area (Å²) < 4.78 is 0. The van der Waals surface area contributed by atoms with Crippen LogP contribution in [0.4, 0.5) is 10.5 Å². The second kappa shape index (κ2) is 9.29. The Morgan fingerprint density at radius 1 is 1.20 bits per heavy atom. The highest BCUT2D eigenvalue weighted by atomic mass is 32.2. The molecule has 3 atom stereocenters. The number of carbonyl (C=O) groups is 3. The van der Waals surface area contributed by atoms with Gasteiger partial charge in [-0.25, -0.2) is 4.79 Å². The Hall–Kier alpha value is -2.22. The summed E-state index contributed by atoms with van der Waals surface area (Å²) in [7, 11) is 0. The fourth-order valence-corrected chi connectivity index (χ4v) is 6.12. The predicted molar refractivity (Wildman–Crippen MR) is 119 cm³/mol. The molecule has 1 aromatic carbocycles. The molecule has 0 bridgehead atoms. The topological polar surface area (TPSA) is 90.5 Å². The maximum Gasteiger partial charge on any atom is 0.315 e. The average Bonchev–Trinajstić information content (AvgIpc) is 3.45. The number of hydrogen-bond donors (Lipinski definition) is 3. The fraction of sp³-hybridized carbons (Fsp3) is 0.591. The summed E-state index contributed by atoms with van der Waals surface area (Å²) in [5.74, 6) is 0.999. The standard InChI is InChI=1S/C22H30N4O3S/c1-14-15(21(28)26-11-4-5-12-26)7-6-8-16(14)23-19(27)10-3-2-9-18-20-17(13-30-18)24-22(29)25-20/h6-8,17-18,20H,2-5,9-13H2,1H3,(H,23,27)(H2,24,25,29)/t17-,18-,20-/m0/s1. The van der Waals surface area contributed by atoms with Crippen LogP contribution in [0.3, 0.4) is 0 Å². The van der Waals surface area contributed by atoms with E-state index in [9.17, 15) is 14.4 Å². The lowest BCUT2D eigenvalue weighted by Gasteiger charge is -2.18. The number of thioether (sulfide) groups is 1. The Morgan fingerprint density at radius 3 is 2.80 bits per heavy atom. The number of nitrogens with zero attached hydrogens (tertiary/aromatic N) is 1. The molecule has 162 valence electrons. The van der Waals surface area contributed by atoms with Crippen molar-refractivity contribution >= 4 is 35.3 Å². The van der Waals surface area contributed by atoms with Crippen LogP contribution in [0.1, 0.15) is 54.4 Å². The van der Waals surface area contributed by atoms with E-state index < -0.39 is 0 Å². The molecule has 7 nitrogen and oxygen atoms in total. The molecule has 3 saturated heterocycles. The van der Waals surface area contributed by atoms with Gasteiger partial charge in [-0.15, -0.1) is 0 Å². The smallest absolute Gasteiger partial charge is 0.315 e. The van der Waals surface area contributed by atoms with E-state index >= 15 is 0 Å². The van der Waals surface area contributed by atoms with Crippen molar-refractivity contribution < 1.29 is 14.4 Å². The van der Waals surface area contributed by atoms with Gasteiger partial charge in [0.15, 0.2) is 0 Å². The van der Waals surface area contributed by atoms with Crippen molar-refractivity contribution in [2.75, 3.05) is 24.2 Å². The molecule has 3 N–H and O–H groups in total. The summed E-state index contributed by atoms with van der Waals surface area (Å²) in [6.07, 6.45) is 5.35. The Bertz CT molecular complexity index is 825. The molecule has 0 spiro atoms. The number of carbonyl (C=O) groups excluding carboxylic acids is 3. The SMILES string of the molecule is Cc1c(NC(=O)CCCC[C@@H]2SC[C@@H]3NC(=O)N[C@@H]32)cccc1C(=O)N1CCCC1. The summed E-state index contributed by atoms with van der Waals surface area (Å²) >= 11 is 1.90. The van der Waals surface area contributed by atoms with Crippen LogP contribution in [0.5, 0.6) is 0 Å². The van der Waals surface area contributed by atoms with Crippen molar-refractivity contribution in [1.29, 1.82) is 0 Å². The fourth-order valence-electron chi connectivity index (χ4n) is 4.58. The quantitative estimate of drug-likeness (QED) is 0.458. The van der Waals surface area contributed by atoms with Crippen LogP contribution in [0.15, 0.2) is 18.2 Å². The molecule has 0 saturated carbocycles. The lowest BCUT2D eigenvalue weighted by atomic mass is 10.0. The summed E-state index contributed by atoms with van der Waals surface area (Å²) in [6.45, 7) is 3.53. The Kier molecular flexibility index (Phi) is 6.51. The van der Waals surface area contributed by atoms with Crippen molar-refractivity contribution in [3.05, 3.63) is 29.3 Å². The molecule has 4 amide bonds. The average molecular weight is 431 g/mol. The van der Waals surface area contributed by atoms with Crippen molar-refractivity contribution in [3.63, 3.8) is 0 Å². The zero-order valence-corrected chi connectivity index (χ0v) is 18.2. The van der Waals surface area contributed by atoms with E-state index in [-0.39, 0.29) is 29.9 Å². The number of likely N-dealkylation sites (tertiary alicyclic amines) is 1. The third-order valence-corrected chi connectivity index (χ3v) is 7.82. The highest BCUT2D eigenvalue weighted by Gasteiger charge is 2.42. The minimum absolute atomic E-state index is 0.0170. The van der Waals surface area contributed by atoms with E-state index in [0.29, 0.717) is 17.2 Å². The minimum atomic E-state index is -0.0597. The van der Waals surface area contributed by atoms with Crippen LogP contribution < -0.4 is 16.0 Å². The summed E-state index contributed by atoms with van der Waals surface area (Å²) in [5.41, 5.74) is 2.23. The van der Waals surface area contributed by atoms with Crippen LogP contribution in [0.2, 0.25) is 0 Å². The van der Waals surface area contributed by atoms with Gasteiger partial charge in [-0.1, -0.05) is 12.5 Å². The maximum atomic E-state index is 12.7. The summed E-state index contributed by atoms with van der Waals surface area (Å²) in [6, 6.07) is 5.94. The van der Waals surface area contributed by atoms with E-state index in [4.69, 9.17) is 0 Å². The van der Waals surface area contributed by atoms with Gasteiger partial charge in [0.1, 0.15) is 0 Å². The monoisotopic (exact) mass is 430 g/mol. The number of rotatable bonds is 7. The number of nitrogens with one attached hydrogen (secondary N) is 3. The number of unbranched alkanes of at least 4 members (excludes halogenated alkanes) is 1. The van der Waals surface area contributed by atoms with Crippen LogP contribution in [0.25, 0.3) is 0 Å². The van der Waals surface area contributed by atoms with Gasteiger partial charge < -0.3 is 20.9 Å². The number of anilines is 1. The molecule has 30 heavy (non-hydrogen) atoms. The third kappa shape index (κ3) is 4.58. The van der Waals surface area contributed by atoms with Gasteiger partial charge in [-0.3, -0.25) is 9.59 Å². The molecule has 3 aliphatic rings. The molecule has 8 heteroatoms. The van der Waals surface area contributed by atoms with Crippen LogP contribution >= 0.6 is 11.8 Å². The number of amides is 4. The maximum absolute atomic E-state index is 12.7. The largest absolute Gasteiger partial charge is 0.339 e. The van der Waals surface area contributed by atoms with Gasteiger partial charge >= 0.3 is 6.03 Å². The van der Waals surface area contributed by atoms with E-state index in [1.54, 1.807) is 0 Å². The highest BCUT2D eigenvalue weighted by molar-refractivity contribution is 8.00. The number of urea groups is 1. The van der Waals surface area contributed by atoms with Crippen molar-refractivity contribution in [2.45, 2.75) is 62.8 Å². The highest BCUT2D eigenvalue weighted by Crippen LogP contribution is 2.33. The Labute approximate surface area is 181 Å². The van der Waals surface area contributed by atoms with E-state index in [2.05, 4.69) is 16.0 Å². The van der Waals surface area contributed by atoms with Gasteiger partial charge in [-0.05, 0) is 50.3 Å². The summed E-state index contributed by atoms with van der Waals surface area (Å²) in [4.78, 5) is 38.5. The van der Waals surface area contributed by atoms with Gasteiger partial charge in [0.2, 0.25) is 5.91 Å². The van der Waals surface area contributed by atoms with Crippen molar-refractivity contribution in [3.8, 4) is 0 Å². The first-order valence-corrected chi connectivity index (χ1v) is 11.9. The molecule has 0 aromatic heterocycles. The third-order valence-electron chi connectivity index (χ3n) is 6.31. The van der Waals surface area contributed by atoms with E-state index in [1.807, 2.05) is 41.8 Å². The molecule has 1 aromatic rings. The molecular formula is C22H30N4O3S. The Morgan fingerprint density at radius 2 is 2.00 bits per heavy atom. The van der Waals surface area contributed by atoms with Crippen LogP contribution in [-0.4, -0.2) is 58.9 Å². The zero-order chi connectivity index (χ0) is 21.1. The predicted octanol–water partition coefficient (Wildman–Crippen LogP) is 2.90. The molecule has 4 rings (SSSR count). The van der Waals surface area contributed by atoms with E-state index in [1.165, 1.54) is 0 Å². The molecule has 0 radical (unpaired) electrons. The van der Waals surface area contributed by atoms with Gasteiger partial charge in [0.25, 0.3) is 5.91 Å². The summed E-state index contributed by atoms with van der Waals surface area (Å²) in [5, 5.41) is 9.37. The number of hydrogen-bond acceptors (Lipinski definition) is 4. The number of fused-ring (bicyclic) bond motifs is 1. The zero-order valence-electron chi connectivity index (χ0n) is 17.4. The first-order valence-electron chi connectivity index (χ1n) is 10.9. The molecule has 3 fully saturated rings. The van der Waals surface area contributed by atoms with Gasteiger partial charge in [-0.2, -0.15) is 11.8 Å². The Balaban J connectivity index is 1.24. The number of benzene rings is 1. The van der Waals surface area contributed by atoms with Crippen molar-refractivity contribution in [2.24, 2.45) is 0 Å². The molecule has 0 aliphatic carbocycles. The second-order valence-corrected chi connectivity index (χ2v) is 9.67. The second-order valence-electron chi connectivity index (χ2n) is 8.39. The minimum Gasteiger partial charge on any atom is -0.339 e. The molecule has 3 aliphatic heterocycles. The van der Waals surface area contributed by atoms with Crippen molar-refractivity contribution in [1.82, 2.24) is 15.5 Å².